The van der Waals surface area contributed by atoms with E-state index < -0.39 is 31.2 Å². The molecular formula is C32H38F2N8O2Si. The fourth-order valence-corrected chi connectivity index (χ4v) is 6.61. The lowest BCUT2D eigenvalue weighted by molar-refractivity contribution is 0.0898. The van der Waals surface area contributed by atoms with Crippen LogP contribution in [0, 0.1) is 28.9 Å². The number of carbonyl (C=O) groups excluding carboxylic acids is 1. The van der Waals surface area contributed by atoms with Crippen LogP contribution in [0.2, 0.25) is 25.7 Å². The van der Waals surface area contributed by atoms with E-state index in [0.717, 1.165) is 47.6 Å². The van der Waals surface area contributed by atoms with E-state index in [1.165, 1.54) is 6.33 Å². The van der Waals surface area contributed by atoms with Crippen LogP contribution in [0.1, 0.15) is 36.5 Å². The van der Waals surface area contributed by atoms with E-state index in [1.807, 2.05) is 30.0 Å². The van der Waals surface area contributed by atoms with Crippen molar-refractivity contribution >= 4 is 30.7 Å². The first-order valence-corrected chi connectivity index (χ1v) is 19.0. The molecule has 1 aliphatic carbocycles. The van der Waals surface area contributed by atoms with Crippen LogP contribution in [0.3, 0.4) is 0 Å². The summed E-state index contributed by atoms with van der Waals surface area (Å²) in [5, 5.41) is 17.9. The van der Waals surface area contributed by atoms with Gasteiger partial charge in [-0.2, -0.15) is 10.4 Å². The maximum Gasteiger partial charge on any atom is 0.254 e. The molecule has 1 saturated carbocycles. The van der Waals surface area contributed by atoms with Gasteiger partial charge in [-0.25, -0.2) is 18.7 Å². The highest BCUT2D eigenvalue weighted by Crippen LogP contribution is 2.39. The fourth-order valence-electron chi connectivity index (χ4n) is 5.85. The molecule has 4 aromatic rings. The summed E-state index contributed by atoms with van der Waals surface area (Å²) in [4.78, 5) is 23.3. The topological polar surface area (TPSA) is 114 Å². The van der Waals surface area contributed by atoms with Gasteiger partial charge in [-0.3, -0.25) is 9.48 Å². The van der Waals surface area contributed by atoms with Gasteiger partial charge < -0.3 is 19.5 Å². The number of fused-ring (bicyclic) bond motifs is 1. The molecule has 0 bridgehead atoms. The van der Waals surface area contributed by atoms with Gasteiger partial charge >= 0.3 is 0 Å². The Labute approximate surface area is 262 Å². The van der Waals surface area contributed by atoms with Crippen molar-refractivity contribution in [1.82, 2.24) is 29.6 Å². The Hall–Kier alpha value is -4.15. The van der Waals surface area contributed by atoms with E-state index in [4.69, 9.17) is 4.74 Å². The molecule has 1 atom stereocenters. The smallest absolute Gasteiger partial charge is 0.254 e. The lowest BCUT2D eigenvalue weighted by Gasteiger charge is -2.50. The van der Waals surface area contributed by atoms with Crippen LogP contribution in [-0.4, -0.2) is 64.0 Å². The molecule has 1 saturated heterocycles. The van der Waals surface area contributed by atoms with Gasteiger partial charge in [0.25, 0.3) is 5.91 Å². The molecule has 0 spiro atoms. The molecule has 0 radical (unpaired) electrons. The molecule has 1 aliphatic heterocycles. The third kappa shape index (κ3) is 6.34. The van der Waals surface area contributed by atoms with Gasteiger partial charge in [-0.15, -0.1) is 0 Å². The van der Waals surface area contributed by atoms with Gasteiger partial charge in [0, 0.05) is 63.2 Å². The number of anilines is 1. The van der Waals surface area contributed by atoms with Crippen molar-refractivity contribution in [1.29, 1.82) is 5.26 Å². The number of amides is 1. The Morgan fingerprint density at radius 2 is 2.00 bits per heavy atom. The molecule has 1 aromatic carbocycles. The number of hydrogen-bond acceptors (Lipinski definition) is 7. The second-order valence-corrected chi connectivity index (χ2v) is 19.2. The standard InChI is InChI=1S/C32H38F2N8O2Si/c1-21(22-5-6-22)39-31(43)25-13-27(34)28(14-26(25)33)41-17-32(18-41,8-9-35)42-16-23(15-38-42)29-24-7-10-40(30(24)37-19-36-29)20-44-11-12-45(2,3)4/h7,10,13-16,19,21-22H,5-6,8,11-12,17-18,20H2,1-4H3,(H,39,43). The number of nitrogens with zero attached hydrogens (tertiary/aromatic N) is 7. The first-order valence-electron chi connectivity index (χ1n) is 15.3. The summed E-state index contributed by atoms with van der Waals surface area (Å²) in [7, 11) is -1.19. The van der Waals surface area contributed by atoms with Crippen LogP contribution in [0.4, 0.5) is 14.5 Å². The van der Waals surface area contributed by atoms with Crippen molar-refractivity contribution < 1.29 is 18.3 Å². The summed E-state index contributed by atoms with van der Waals surface area (Å²) in [6.07, 6.45) is 9.15. The van der Waals surface area contributed by atoms with Crippen molar-refractivity contribution in [3.8, 4) is 17.3 Å². The number of halogens is 2. The van der Waals surface area contributed by atoms with Crippen molar-refractivity contribution in [2.75, 3.05) is 24.6 Å². The molecule has 10 nitrogen and oxygen atoms in total. The van der Waals surface area contributed by atoms with Gasteiger partial charge in [0.2, 0.25) is 0 Å². The summed E-state index contributed by atoms with van der Waals surface area (Å²) >= 11 is 0. The van der Waals surface area contributed by atoms with Crippen LogP contribution in [0.5, 0.6) is 0 Å². The van der Waals surface area contributed by atoms with E-state index in [-0.39, 0.29) is 36.8 Å². The predicted octanol–water partition coefficient (Wildman–Crippen LogP) is 5.54. The monoisotopic (exact) mass is 632 g/mol. The molecule has 3 aromatic heterocycles. The number of hydrogen-bond donors (Lipinski definition) is 1. The Morgan fingerprint density at radius 3 is 2.71 bits per heavy atom. The highest BCUT2D eigenvalue weighted by atomic mass is 28.3. The zero-order valence-electron chi connectivity index (χ0n) is 26.1. The van der Waals surface area contributed by atoms with Crippen LogP contribution in [0.25, 0.3) is 22.3 Å². The molecule has 2 aliphatic rings. The predicted molar refractivity (Wildman–Crippen MR) is 169 cm³/mol. The largest absolute Gasteiger partial charge is 0.364 e. The van der Waals surface area contributed by atoms with Gasteiger partial charge in [-0.05, 0) is 43.9 Å². The fraction of sp³-hybridized carbons (Fsp3) is 0.469. The minimum atomic E-state index is -1.19. The maximum absolute atomic E-state index is 15.2. The highest BCUT2D eigenvalue weighted by Gasteiger charge is 2.46. The van der Waals surface area contributed by atoms with Gasteiger partial charge in [0.1, 0.15) is 35.9 Å². The number of benzene rings is 1. The molecule has 45 heavy (non-hydrogen) atoms. The quantitative estimate of drug-likeness (QED) is 0.161. The molecule has 1 N–H and O–H groups in total. The highest BCUT2D eigenvalue weighted by molar-refractivity contribution is 6.76. The average molecular weight is 633 g/mol. The van der Waals surface area contributed by atoms with Gasteiger partial charge in [-0.1, -0.05) is 19.6 Å². The van der Waals surface area contributed by atoms with Crippen molar-refractivity contribution in [3.63, 3.8) is 0 Å². The summed E-state index contributed by atoms with van der Waals surface area (Å²) in [5.41, 5.74) is 1.20. The number of nitrogens with one attached hydrogen (secondary N) is 1. The third-order valence-electron chi connectivity index (χ3n) is 8.81. The SMILES string of the molecule is CC(NC(=O)c1cc(F)c(N2CC(CC#N)(n3cc(-c4ncnc5c4ccn5COCC[Si](C)(C)C)cn3)C2)cc1F)C1CC1. The molecule has 236 valence electrons. The minimum absolute atomic E-state index is 0.0474. The first-order chi connectivity index (χ1) is 21.5. The van der Waals surface area contributed by atoms with Crippen LogP contribution in [0.15, 0.2) is 43.1 Å². The zero-order valence-corrected chi connectivity index (χ0v) is 27.1. The summed E-state index contributed by atoms with van der Waals surface area (Å²) in [6.45, 7) is 10.4. The van der Waals surface area contributed by atoms with Crippen LogP contribution in [-0.2, 0) is 17.0 Å². The number of aromatic nitrogens is 5. The number of nitriles is 1. The Morgan fingerprint density at radius 1 is 1.22 bits per heavy atom. The number of ether oxygens (including phenoxy) is 1. The summed E-state index contributed by atoms with van der Waals surface area (Å²) in [5.74, 6) is -1.70. The average Bonchev–Trinajstić information content (AvgIpc) is 3.57. The van der Waals surface area contributed by atoms with Gasteiger partial charge in [0.05, 0.1) is 35.6 Å². The normalized spacial score (nSPS) is 16.8. The Bertz CT molecular complexity index is 1760. The third-order valence-corrected chi connectivity index (χ3v) is 10.5. The summed E-state index contributed by atoms with van der Waals surface area (Å²) in [6, 6.07) is 7.20. The summed E-state index contributed by atoms with van der Waals surface area (Å²) < 4.78 is 39.9. The van der Waals surface area contributed by atoms with Crippen molar-refractivity contribution in [2.24, 2.45) is 5.92 Å². The molecule has 1 unspecified atom stereocenters. The molecule has 1 amide bonds. The molecule has 13 heteroatoms. The first kappa shape index (κ1) is 30.9. The van der Waals surface area contributed by atoms with Crippen molar-refractivity contribution in [2.45, 2.75) is 70.2 Å². The maximum atomic E-state index is 15.2. The van der Waals surface area contributed by atoms with E-state index in [0.29, 0.717) is 24.9 Å². The Kier molecular flexibility index (Phi) is 8.21. The molecular weight excluding hydrogens is 594 g/mol. The lowest BCUT2D eigenvalue weighted by atomic mass is 9.86. The van der Waals surface area contributed by atoms with Gasteiger partial charge in [0.15, 0.2) is 0 Å². The number of rotatable bonds is 12. The molecule has 4 heterocycles. The van der Waals surface area contributed by atoms with E-state index in [9.17, 15) is 10.1 Å². The second-order valence-electron chi connectivity index (χ2n) is 13.6. The van der Waals surface area contributed by atoms with Crippen LogP contribution >= 0.6 is 0 Å². The van der Waals surface area contributed by atoms with Crippen LogP contribution < -0.4 is 10.2 Å². The molecule has 6 rings (SSSR count). The second kappa shape index (κ2) is 12.0. The Balaban J connectivity index is 1.17. The molecule has 2 fully saturated rings. The number of carbonyl (C=O) groups is 1. The van der Waals surface area contributed by atoms with E-state index in [2.05, 4.69) is 46.1 Å². The lowest BCUT2D eigenvalue weighted by Crippen LogP contribution is -2.63. The zero-order chi connectivity index (χ0) is 31.9. The minimum Gasteiger partial charge on any atom is -0.364 e. The van der Waals surface area contributed by atoms with Crippen molar-refractivity contribution in [3.05, 3.63) is 60.3 Å². The van der Waals surface area contributed by atoms with E-state index in [1.54, 1.807) is 15.8 Å². The van der Waals surface area contributed by atoms with E-state index >= 15 is 8.78 Å².